The van der Waals surface area contributed by atoms with Crippen LogP contribution in [-0.4, -0.2) is 21.5 Å². The minimum Gasteiger partial charge on any atom is -0.465 e. The minimum atomic E-state index is -4.02. The maximum Gasteiger partial charge on any atom is 0.341 e. The van der Waals surface area contributed by atoms with E-state index >= 15 is 0 Å². The van der Waals surface area contributed by atoms with Crippen LogP contribution >= 0.6 is 0 Å². The Bertz CT molecular complexity index is 871. The number of aryl methyl sites for hydroxylation is 2. The first kappa shape index (κ1) is 16.5. The van der Waals surface area contributed by atoms with E-state index in [0.717, 1.165) is 31.2 Å². The van der Waals surface area contributed by atoms with Crippen molar-refractivity contribution in [1.29, 1.82) is 0 Å². The Hall–Kier alpha value is -2.34. The molecule has 0 fully saturated rings. The average Bonchev–Trinajstić information content (AvgIpc) is 2.60. The lowest BCUT2D eigenvalue weighted by molar-refractivity contribution is 0.0599. The summed E-state index contributed by atoms with van der Waals surface area (Å²) in [5, 5.41) is 0. The van der Waals surface area contributed by atoms with Crippen molar-refractivity contribution in [3.8, 4) is 5.75 Å². The van der Waals surface area contributed by atoms with E-state index < -0.39 is 16.1 Å². The normalized spacial score (nSPS) is 13.9. The van der Waals surface area contributed by atoms with Crippen LogP contribution in [0.4, 0.5) is 0 Å². The maximum atomic E-state index is 12.6. The molecular weight excluding hydrogens is 328 g/mol. The van der Waals surface area contributed by atoms with Crippen LogP contribution in [0, 0.1) is 0 Å². The third kappa shape index (κ3) is 3.28. The molecule has 126 valence electrons. The molecule has 0 saturated heterocycles. The first-order valence-corrected chi connectivity index (χ1v) is 9.16. The molecule has 0 atom stereocenters. The number of hydrogen-bond donors (Lipinski definition) is 0. The fourth-order valence-electron chi connectivity index (χ4n) is 2.85. The summed E-state index contributed by atoms with van der Waals surface area (Å²) in [6, 6.07) is 11.2. The topological polar surface area (TPSA) is 69.7 Å². The van der Waals surface area contributed by atoms with Crippen molar-refractivity contribution in [2.75, 3.05) is 7.11 Å². The van der Waals surface area contributed by atoms with Gasteiger partial charge in [-0.25, -0.2) is 4.79 Å². The second kappa shape index (κ2) is 6.65. The quantitative estimate of drug-likeness (QED) is 0.628. The molecule has 0 N–H and O–H groups in total. The molecule has 3 rings (SSSR count). The highest BCUT2D eigenvalue weighted by Gasteiger charge is 2.22. The van der Waals surface area contributed by atoms with Crippen LogP contribution in [-0.2, 0) is 27.7 Å². The average molecular weight is 346 g/mol. The zero-order chi connectivity index (χ0) is 17.2. The Kier molecular flexibility index (Phi) is 4.57. The van der Waals surface area contributed by atoms with Crippen molar-refractivity contribution >= 4 is 16.1 Å². The third-order valence-electron chi connectivity index (χ3n) is 4.10. The highest BCUT2D eigenvalue weighted by molar-refractivity contribution is 7.87. The summed E-state index contributed by atoms with van der Waals surface area (Å²) in [6.45, 7) is 0. The molecule has 1 aliphatic rings. The number of rotatable bonds is 4. The van der Waals surface area contributed by atoms with E-state index in [1.54, 1.807) is 24.3 Å². The molecule has 0 spiro atoms. The lowest BCUT2D eigenvalue weighted by atomic mass is 9.92. The summed E-state index contributed by atoms with van der Waals surface area (Å²) >= 11 is 0. The van der Waals surface area contributed by atoms with E-state index in [1.807, 2.05) is 6.07 Å². The van der Waals surface area contributed by atoms with Crippen LogP contribution in [0.3, 0.4) is 0 Å². The number of fused-ring (bicyclic) bond motifs is 1. The van der Waals surface area contributed by atoms with Gasteiger partial charge in [-0.05, 0) is 61.1 Å². The number of carbonyl (C=O) groups excluding carboxylic acids is 1. The summed E-state index contributed by atoms with van der Waals surface area (Å²) < 4.78 is 35.0. The fourth-order valence-corrected chi connectivity index (χ4v) is 3.85. The molecular formula is C18H18O5S. The molecule has 0 bridgehead atoms. The number of para-hydroxylation sites is 1. The van der Waals surface area contributed by atoms with Crippen LogP contribution in [0.2, 0.25) is 0 Å². The number of ether oxygens (including phenoxy) is 1. The van der Waals surface area contributed by atoms with Gasteiger partial charge in [-0.3, -0.25) is 0 Å². The van der Waals surface area contributed by atoms with Crippen LogP contribution in [0.25, 0.3) is 0 Å². The fraction of sp³-hybridized carbons (Fsp3) is 0.278. The third-order valence-corrected chi connectivity index (χ3v) is 5.33. The minimum absolute atomic E-state index is 0.0397. The van der Waals surface area contributed by atoms with Gasteiger partial charge in [-0.1, -0.05) is 18.2 Å². The summed E-state index contributed by atoms with van der Waals surface area (Å²) in [5.74, 6) is -0.687. The number of carbonyl (C=O) groups is 1. The number of benzene rings is 2. The molecule has 0 radical (unpaired) electrons. The molecule has 6 heteroatoms. The molecule has 2 aromatic carbocycles. The Morgan fingerprint density at radius 1 is 1.00 bits per heavy atom. The molecule has 0 aromatic heterocycles. The Balaban J connectivity index is 1.94. The molecule has 24 heavy (non-hydrogen) atoms. The molecule has 1 aliphatic carbocycles. The number of methoxy groups -OCH3 is 1. The van der Waals surface area contributed by atoms with E-state index in [2.05, 4.69) is 4.74 Å². The van der Waals surface area contributed by atoms with E-state index in [-0.39, 0.29) is 16.2 Å². The van der Waals surface area contributed by atoms with Gasteiger partial charge < -0.3 is 8.92 Å². The molecule has 0 heterocycles. The number of hydrogen-bond acceptors (Lipinski definition) is 5. The van der Waals surface area contributed by atoms with Crippen LogP contribution in [0.15, 0.2) is 47.4 Å². The van der Waals surface area contributed by atoms with Crippen molar-refractivity contribution in [2.24, 2.45) is 0 Å². The van der Waals surface area contributed by atoms with Gasteiger partial charge in [0, 0.05) is 0 Å². The highest BCUT2D eigenvalue weighted by atomic mass is 32.2. The molecule has 0 saturated carbocycles. The van der Waals surface area contributed by atoms with Crippen molar-refractivity contribution in [1.82, 2.24) is 0 Å². The van der Waals surface area contributed by atoms with Gasteiger partial charge in [0.05, 0.1) is 7.11 Å². The predicted molar refractivity (Wildman–Crippen MR) is 88.7 cm³/mol. The lowest BCUT2D eigenvalue weighted by Gasteiger charge is -2.17. The van der Waals surface area contributed by atoms with E-state index in [9.17, 15) is 13.2 Å². The molecule has 2 aromatic rings. The smallest absolute Gasteiger partial charge is 0.341 e. The zero-order valence-electron chi connectivity index (χ0n) is 13.3. The van der Waals surface area contributed by atoms with Gasteiger partial charge in [-0.15, -0.1) is 0 Å². The Morgan fingerprint density at radius 2 is 1.71 bits per heavy atom. The predicted octanol–water partition coefficient (Wildman–Crippen LogP) is 3.12. The molecule has 0 aliphatic heterocycles. The highest BCUT2D eigenvalue weighted by Crippen LogP contribution is 2.27. The van der Waals surface area contributed by atoms with Crippen LogP contribution in [0.5, 0.6) is 5.75 Å². The largest absolute Gasteiger partial charge is 0.465 e. The van der Waals surface area contributed by atoms with Gasteiger partial charge in [0.2, 0.25) is 0 Å². The molecule has 0 unspecified atom stereocenters. The Labute approximate surface area is 141 Å². The summed E-state index contributed by atoms with van der Waals surface area (Å²) in [7, 11) is -2.79. The molecule has 5 nitrogen and oxygen atoms in total. The second-order valence-corrected chi connectivity index (χ2v) is 7.21. The Morgan fingerprint density at radius 3 is 2.46 bits per heavy atom. The summed E-state index contributed by atoms with van der Waals surface area (Å²) in [4.78, 5) is 11.9. The van der Waals surface area contributed by atoms with Gasteiger partial charge in [0.15, 0.2) is 5.75 Å². The van der Waals surface area contributed by atoms with Gasteiger partial charge in [0.1, 0.15) is 10.5 Å². The monoisotopic (exact) mass is 346 g/mol. The first-order valence-electron chi connectivity index (χ1n) is 7.75. The van der Waals surface area contributed by atoms with Gasteiger partial charge in [-0.2, -0.15) is 8.42 Å². The maximum absolute atomic E-state index is 12.6. The van der Waals surface area contributed by atoms with E-state index in [0.29, 0.717) is 0 Å². The lowest BCUT2D eigenvalue weighted by Crippen LogP contribution is -2.14. The van der Waals surface area contributed by atoms with Crippen molar-refractivity contribution < 1.29 is 22.1 Å². The van der Waals surface area contributed by atoms with Crippen LogP contribution in [0.1, 0.15) is 34.3 Å². The van der Waals surface area contributed by atoms with Crippen molar-refractivity contribution in [3.05, 3.63) is 59.2 Å². The van der Waals surface area contributed by atoms with Crippen molar-refractivity contribution in [3.63, 3.8) is 0 Å². The van der Waals surface area contributed by atoms with E-state index in [4.69, 9.17) is 4.18 Å². The molecule has 0 amide bonds. The summed E-state index contributed by atoms with van der Waals surface area (Å²) in [6.07, 6.45) is 4.03. The van der Waals surface area contributed by atoms with Crippen molar-refractivity contribution in [2.45, 2.75) is 30.6 Å². The standard InChI is InChI=1S/C18H18O5S/c1-22-18(19)16-8-4-5-9-17(16)23-24(20,21)15-11-10-13-6-2-3-7-14(13)12-15/h4-5,8-12H,2-3,6-7H2,1H3. The van der Waals surface area contributed by atoms with Crippen LogP contribution < -0.4 is 4.18 Å². The number of esters is 1. The van der Waals surface area contributed by atoms with Gasteiger partial charge in [0.25, 0.3) is 0 Å². The second-order valence-electron chi connectivity index (χ2n) is 5.66. The SMILES string of the molecule is COC(=O)c1ccccc1OS(=O)(=O)c1ccc2c(c1)CCCC2. The van der Waals surface area contributed by atoms with E-state index in [1.165, 1.54) is 24.8 Å². The van der Waals surface area contributed by atoms with Gasteiger partial charge >= 0.3 is 16.1 Å². The summed E-state index contributed by atoms with van der Waals surface area (Å²) in [5.41, 5.74) is 2.31. The first-order chi connectivity index (χ1) is 11.5. The zero-order valence-corrected chi connectivity index (χ0v) is 14.1.